The van der Waals surface area contributed by atoms with E-state index in [0.717, 1.165) is 23.0 Å². The lowest BCUT2D eigenvalue weighted by molar-refractivity contribution is -0.0531. The van der Waals surface area contributed by atoms with Gasteiger partial charge in [0.1, 0.15) is 0 Å². The Morgan fingerprint density at radius 1 is 1.32 bits per heavy atom. The molecule has 1 aromatic carbocycles. The fraction of sp³-hybridized carbons (Fsp3) is 0.526. The number of hydrogen-bond donors (Lipinski definition) is 1. The highest BCUT2D eigenvalue weighted by Crippen LogP contribution is 2.40. The number of fused-ring (bicyclic) bond motifs is 1. The van der Waals surface area contributed by atoms with E-state index < -0.39 is 11.8 Å². The molecule has 0 radical (unpaired) electrons. The third-order valence-corrected chi connectivity index (χ3v) is 5.47. The number of aromatic nitrogens is 1. The number of nitrogens with zero attached hydrogens (tertiary/aromatic N) is 1. The molecule has 0 spiro atoms. The van der Waals surface area contributed by atoms with Crippen LogP contribution in [0.1, 0.15) is 47.8 Å². The summed E-state index contributed by atoms with van der Waals surface area (Å²) in [5.74, 6) is -3.23. The van der Waals surface area contributed by atoms with Gasteiger partial charge in [-0.2, -0.15) is 0 Å². The van der Waals surface area contributed by atoms with E-state index in [1.807, 2.05) is 24.3 Å². The van der Waals surface area contributed by atoms with Crippen LogP contribution in [0.5, 0.6) is 0 Å². The van der Waals surface area contributed by atoms with Crippen molar-refractivity contribution in [2.75, 3.05) is 13.2 Å². The molecule has 1 atom stereocenters. The maximum Gasteiger partial charge on any atom is 0.251 e. The van der Waals surface area contributed by atoms with E-state index in [4.69, 9.17) is 10.5 Å². The molecule has 1 aliphatic heterocycles. The first kappa shape index (κ1) is 16.5. The summed E-state index contributed by atoms with van der Waals surface area (Å²) < 4.78 is 35.1. The van der Waals surface area contributed by atoms with Crippen molar-refractivity contribution >= 4 is 16.8 Å². The van der Waals surface area contributed by atoms with Crippen LogP contribution in [0.15, 0.2) is 24.3 Å². The van der Waals surface area contributed by atoms with Crippen molar-refractivity contribution in [2.24, 2.45) is 11.7 Å². The number of primary amides is 1. The molecule has 4 rings (SSSR count). The van der Waals surface area contributed by atoms with Gasteiger partial charge in [0.15, 0.2) is 0 Å². The Morgan fingerprint density at radius 2 is 2.08 bits per heavy atom. The summed E-state index contributed by atoms with van der Waals surface area (Å²) in [6.07, 6.45) is 1.59. The molecule has 134 valence electrons. The summed E-state index contributed by atoms with van der Waals surface area (Å²) in [6.45, 7) is 1.15. The van der Waals surface area contributed by atoms with Gasteiger partial charge in [-0.15, -0.1) is 0 Å². The minimum atomic E-state index is -2.60. The number of amides is 1. The maximum atomic E-state index is 13.8. The third-order valence-electron chi connectivity index (χ3n) is 5.47. The van der Waals surface area contributed by atoms with Gasteiger partial charge in [0.05, 0.1) is 24.8 Å². The van der Waals surface area contributed by atoms with Crippen molar-refractivity contribution < 1.29 is 18.3 Å². The minimum Gasteiger partial charge on any atom is -0.377 e. The lowest BCUT2D eigenvalue weighted by Crippen LogP contribution is -2.33. The van der Waals surface area contributed by atoms with Crippen LogP contribution in [0.4, 0.5) is 8.78 Å². The topological polar surface area (TPSA) is 57.2 Å². The molecule has 2 fully saturated rings. The number of alkyl halides is 2. The Morgan fingerprint density at radius 3 is 2.72 bits per heavy atom. The SMILES string of the molecule is NC(=O)c1c(C[C@@H]2CCCC(F)(F)C2)n(C2COC2)c2ccccc12. The molecule has 1 amide bonds. The minimum absolute atomic E-state index is 0.0361. The molecule has 1 saturated heterocycles. The van der Waals surface area contributed by atoms with Crippen LogP contribution in [0.2, 0.25) is 0 Å². The highest BCUT2D eigenvalue weighted by atomic mass is 19.3. The summed E-state index contributed by atoms with van der Waals surface area (Å²) in [7, 11) is 0. The van der Waals surface area contributed by atoms with E-state index in [2.05, 4.69) is 4.57 Å². The first-order chi connectivity index (χ1) is 12.0. The lowest BCUT2D eigenvalue weighted by atomic mass is 9.83. The maximum absolute atomic E-state index is 13.8. The number of halogens is 2. The van der Waals surface area contributed by atoms with E-state index in [1.54, 1.807) is 0 Å². The fourth-order valence-electron chi connectivity index (χ4n) is 4.30. The molecule has 6 heteroatoms. The smallest absolute Gasteiger partial charge is 0.251 e. The Balaban J connectivity index is 1.80. The quantitative estimate of drug-likeness (QED) is 0.916. The zero-order valence-corrected chi connectivity index (χ0v) is 14.0. The van der Waals surface area contributed by atoms with Crippen LogP contribution in [0.25, 0.3) is 10.9 Å². The molecular weight excluding hydrogens is 326 g/mol. The monoisotopic (exact) mass is 348 g/mol. The van der Waals surface area contributed by atoms with E-state index in [1.165, 1.54) is 0 Å². The zero-order valence-electron chi connectivity index (χ0n) is 14.0. The molecule has 2 N–H and O–H groups in total. The molecule has 25 heavy (non-hydrogen) atoms. The highest BCUT2D eigenvalue weighted by Gasteiger charge is 2.38. The van der Waals surface area contributed by atoms with Crippen LogP contribution < -0.4 is 5.73 Å². The first-order valence-electron chi connectivity index (χ1n) is 8.83. The van der Waals surface area contributed by atoms with Crippen molar-refractivity contribution in [3.8, 4) is 0 Å². The number of hydrogen-bond acceptors (Lipinski definition) is 2. The molecule has 1 aromatic heterocycles. The highest BCUT2D eigenvalue weighted by molar-refractivity contribution is 6.07. The molecule has 0 bridgehead atoms. The fourth-order valence-corrected chi connectivity index (χ4v) is 4.30. The molecule has 0 unspecified atom stereocenters. The van der Waals surface area contributed by atoms with Crippen molar-refractivity contribution in [2.45, 2.75) is 44.1 Å². The van der Waals surface area contributed by atoms with Gasteiger partial charge in [0, 0.05) is 29.4 Å². The molecule has 1 aliphatic carbocycles. The van der Waals surface area contributed by atoms with Crippen LogP contribution in [-0.4, -0.2) is 29.6 Å². The zero-order chi connectivity index (χ0) is 17.6. The molecule has 2 aromatic rings. The number of nitrogens with two attached hydrogens (primary N) is 1. The average Bonchev–Trinajstić information content (AvgIpc) is 2.79. The lowest BCUT2D eigenvalue weighted by Gasteiger charge is -2.33. The predicted octanol–water partition coefficient (Wildman–Crippen LogP) is 3.68. The van der Waals surface area contributed by atoms with E-state index >= 15 is 0 Å². The van der Waals surface area contributed by atoms with Crippen LogP contribution >= 0.6 is 0 Å². The van der Waals surface area contributed by atoms with Crippen molar-refractivity contribution in [3.63, 3.8) is 0 Å². The van der Waals surface area contributed by atoms with Gasteiger partial charge in [0.25, 0.3) is 5.91 Å². The van der Waals surface area contributed by atoms with Crippen molar-refractivity contribution in [3.05, 3.63) is 35.5 Å². The van der Waals surface area contributed by atoms with Gasteiger partial charge >= 0.3 is 0 Å². The number of rotatable bonds is 4. The number of benzene rings is 1. The van der Waals surface area contributed by atoms with Gasteiger partial charge < -0.3 is 15.0 Å². The second-order valence-corrected chi connectivity index (χ2v) is 7.29. The standard InChI is InChI=1S/C19H22F2N2O2/c20-19(21)7-3-4-12(9-19)8-16-17(18(22)24)14-5-1-2-6-15(14)23(16)13-10-25-11-13/h1-2,5-6,12-13H,3-4,7-11H2,(H2,22,24)/t12-/m0/s1. The average molecular weight is 348 g/mol. The van der Waals surface area contributed by atoms with Gasteiger partial charge in [-0.05, 0) is 31.2 Å². The summed E-state index contributed by atoms with van der Waals surface area (Å²) >= 11 is 0. The van der Waals surface area contributed by atoms with E-state index in [9.17, 15) is 13.6 Å². The molecule has 4 nitrogen and oxygen atoms in total. The number of ether oxygens (including phenoxy) is 1. The Hall–Kier alpha value is -1.95. The first-order valence-corrected chi connectivity index (χ1v) is 8.83. The molecule has 2 heterocycles. The second kappa shape index (κ2) is 6.09. The van der Waals surface area contributed by atoms with Crippen LogP contribution in [0, 0.1) is 5.92 Å². The summed E-state index contributed by atoms with van der Waals surface area (Å²) in [4.78, 5) is 12.2. The second-order valence-electron chi connectivity index (χ2n) is 7.29. The van der Waals surface area contributed by atoms with E-state index in [0.29, 0.717) is 31.6 Å². The van der Waals surface area contributed by atoms with Gasteiger partial charge in [-0.1, -0.05) is 18.2 Å². The van der Waals surface area contributed by atoms with Crippen LogP contribution in [-0.2, 0) is 11.2 Å². The molecule has 1 saturated carbocycles. The number of carbonyl (C=O) groups is 1. The molecular formula is C19H22F2N2O2. The Bertz CT molecular complexity index is 811. The normalized spacial score (nSPS) is 23.5. The Kier molecular flexibility index (Phi) is 4.02. The molecule has 2 aliphatic rings. The predicted molar refractivity (Wildman–Crippen MR) is 90.9 cm³/mol. The number of carbonyl (C=O) groups excluding carboxylic acids is 1. The summed E-state index contributed by atoms with van der Waals surface area (Å²) in [5.41, 5.74) is 7.89. The Labute approximate surface area is 144 Å². The van der Waals surface area contributed by atoms with E-state index in [-0.39, 0.29) is 24.8 Å². The summed E-state index contributed by atoms with van der Waals surface area (Å²) in [5, 5.41) is 0.805. The van der Waals surface area contributed by atoms with Gasteiger partial charge in [0.2, 0.25) is 5.92 Å². The number of para-hydroxylation sites is 1. The largest absolute Gasteiger partial charge is 0.377 e. The van der Waals surface area contributed by atoms with Crippen molar-refractivity contribution in [1.29, 1.82) is 0 Å². The third kappa shape index (κ3) is 2.92. The summed E-state index contributed by atoms with van der Waals surface area (Å²) in [6, 6.07) is 7.76. The van der Waals surface area contributed by atoms with Crippen LogP contribution in [0.3, 0.4) is 0 Å². The van der Waals surface area contributed by atoms with Crippen molar-refractivity contribution in [1.82, 2.24) is 4.57 Å². The van der Waals surface area contributed by atoms with Gasteiger partial charge in [-0.25, -0.2) is 8.78 Å². The van der Waals surface area contributed by atoms with Gasteiger partial charge in [-0.3, -0.25) is 4.79 Å².